The first-order chi connectivity index (χ1) is 13.0. The lowest BCUT2D eigenvalue weighted by Crippen LogP contribution is -2.13. The second-order valence-electron chi connectivity index (χ2n) is 5.74. The van der Waals surface area contributed by atoms with Crippen molar-refractivity contribution >= 4 is 29.0 Å². The molecule has 3 rings (SSSR count). The van der Waals surface area contributed by atoms with Crippen molar-refractivity contribution in [1.29, 1.82) is 0 Å². The number of hydrogen-bond acceptors (Lipinski definition) is 6. The quantitative estimate of drug-likeness (QED) is 0.650. The summed E-state index contributed by atoms with van der Waals surface area (Å²) in [5.74, 6) is 0.646. The molecule has 0 radical (unpaired) electrons. The maximum atomic E-state index is 12.3. The smallest absolute Gasteiger partial charge is 0.258 e. The van der Waals surface area contributed by atoms with Crippen LogP contribution in [0.2, 0.25) is 0 Å². The van der Waals surface area contributed by atoms with Gasteiger partial charge in [-0.15, -0.1) is 0 Å². The molecule has 0 aliphatic heterocycles. The van der Waals surface area contributed by atoms with Gasteiger partial charge in [0.25, 0.3) is 5.91 Å². The summed E-state index contributed by atoms with van der Waals surface area (Å²) < 4.78 is 5.17. The van der Waals surface area contributed by atoms with E-state index in [1.165, 1.54) is 19.3 Å². The number of aromatic nitrogens is 2. The summed E-state index contributed by atoms with van der Waals surface area (Å²) >= 11 is 0. The lowest BCUT2D eigenvalue weighted by Gasteiger charge is -2.08. The SMILES string of the molecule is COc1cccc(Nc2ncc(C(=O)Nc3cccc(C(C)=O)c3)cn2)c1. The van der Waals surface area contributed by atoms with Crippen LogP contribution >= 0.6 is 0 Å². The van der Waals surface area contributed by atoms with Gasteiger partial charge in [0.05, 0.1) is 12.7 Å². The number of anilines is 3. The van der Waals surface area contributed by atoms with E-state index in [2.05, 4.69) is 20.6 Å². The summed E-state index contributed by atoms with van der Waals surface area (Å²) in [6.07, 6.45) is 2.86. The van der Waals surface area contributed by atoms with Gasteiger partial charge in [0.1, 0.15) is 5.75 Å². The standard InChI is InChI=1S/C20H18N4O3/c1-13(25)14-5-3-6-16(9-14)23-19(26)15-11-21-20(22-12-15)24-17-7-4-8-18(10-17)27-2/h3-12H,1-2H3,(H,23,26)(H,21,22,24). The van der Waals surface area contributed by atoms with Gasteiger partial charge in [-0.1, -0.05) is 18.2 Å². The number of benzene rings is 2. The Kier molecular flexibility index (Phi) is 5.41. The molecule has 27 heavy (non-hydrogen) atoms. The fourth-order valence-electron chi connectivity index (χ4n) is 2.36. The van der Waals surface area contributed by atoms with Crippen molar-refractivity contribution in [2.45, 2.75) is 6.92 Å². The Morgan fingerprint density at radius 1 is 0.926 bits per heavy atom. The number of rotatable bonds is 6. The fraction of sp³-hybridized carbons (Fsp3) is 0.100. The summed E-state index contributed by atoms with van der Waals surface area (Å²) in [6.45, 7) is 1.48. The fourth-order valence-corrected chi connectivity index (χ4v) is 2.36. The summed E-state index contributed by atoms with van der Waals surface area (Å²) in [5.41, 5.74) is 2.14. The van der Waals surface area contributed by atoms with Gasteiger partial charge in [0.15, 0.2) is 5.78 Å². The zero-order chi connectivity index (χ0) is 19.2. The maximum absolute atomic E-state index is 12.3. The minimum absolute atomic E-state index is 0.0672. The monoisotopic (exact) mass is 362 g/mol. The highest BCUT2D eigenvalue weighted by Gasteiger charge is 2.09. The number of nitrogens with one attached hydrogen (secondary N) is 2. The summed E-state index contributed by atoms with van der Waals surface area (Å²) in [7, 11) is 1.59. The molecule has 0 spiro atoms. The molecule has 3 aromatic rings. The van der Waals surface area contributed by atoms with Crippen molar-refractivity contribution in [2.24, 2.45) is 0 Å². The van der Waals surface area contributed by atoms with E-state index in [4.69, 9.17) is 4.74 Å². The third-order valence-electron chi connectivity index (χ3n) is 3.77. The van der Waals surface area contributed by atoms with Crippen LogP contribution in [0.5, 0.6) is 5.75 Å². The molecule has 0 aliphatic carbocycles. The van der Waals surface area contributed by atoms with Crippen molar-refractivity contribution in [3.63, 3.8) is 0 Å². The number of amides is 1. The largest absolute Gasteiger partial charge is 0.497 e. The van der Waals surface area contributed by atoms with Crippen molar-refractivity contribution in [2.75, 3.05) is 17.7 Å². The Hall–Kier alpha value is -3.74. The molecule has 0 unspecified atom stereocenters. The van der Waals surface area contributed by atoms with Gasteiger partial charge in [0.2, 0.25) is 5.95 Å². The number of carbonyl (C=O) groups is 2. The highest BCUT2D eigenvalue weighted by atomic mass is 16.5. The van der Waals surface area contributed by atoms with E-state index in [0.29, 0.717) is 28.5 Å². The van der Waals surface area contributed by atoms with Crippen LogP contribution in [0.3, 0.4) is 0 Å². The molecule has 0 fully saturated rings. The predicted octanol–water partition coefficient (Wildman–Crippen LogP) is 3.68. The topological polar surface area (TPSA) is 93.2 Å². The van der Waals surface area contributed by atoms with Crippen LogP contribution < -0.4 is 15.4 Å². The molecule has 1 aromatic heterocycles. The van der Waals surface area contributed by atoms with Gasteiger partial charge in [-0.3, -0.25) is 9.59 Å². The Balaban J connectivity index is 1.68. The molecule has 7 heteroatoms. The third-order valence-corrected chi connectivity index (χ3v) is 3.77. The molecule has 2 aromatic carbocycles. The average molecular weight is 362 g/mol. The van der Waals surface area contributed by atoms with Gasteiger partial charge in [-0.25, -0.2) is 9.97 Å². The molecular weight excluding hydrogens is 344 g/mol. The Morgan fingerprint density at radius 2 is 1.63 bits per heavy atom. The number of methoxy groups -OCH3 is 1. The van der Waals surface area contributed by atoms with E-state index >= 15 is 0 Å². The highest BCUT2D eigenvalue weighted by molar-refractivity contribution is 6.04. The number of hydrogen-bond donors (Lipinski definition) is 2. The van der Waals surface area contributed by atoms with E-state index in [1.807, 2.05) is 24.3 Å². The van der Waals surface area contributed by atoms with Crippen LogP contribution in [0.15, 0.2) is 60.9 Å². The van der Waals surface area contributed by atoms with Gasteiger partial charge in [0, 0.05) is 35.4 Å². The normalized spacial score (nSPS) is 10.1. The summed E-state index contributed by atoms with van der Waals surface area (Å²) in [4.78, 5) is 32.1. The molecule has 7 nitrogen and oxygen atoms in total. The Bertz CT molecular complexity index is 971. The van der Waals surface area contributed by atoms with Crippen LogP contribution in [0.4, 0.5) is 17.3 Å². The summed E-state index contributed by atoms with van der Waals surface area (Å²) in [5, 5.41) is 5.77. The van der Waals surface area contributed by atoms with E-state index in [9.17, 15) is 9.59 Å². The van der Waals surface area contributed by atoms with Crippen LogP contribution in [0.25, 0.3) is 0 Å². The van der Waals surface area contributed by atoms with Crippen LogP contribution in [0, 0.1) is 0 Å². The van der Waals surface area contributed by atoms with Crippen LogP contribution in [0.1, 0.15) is 27.6 Å². The number of ether oxygens (including phenoxy) is 1. The molecule has 0 saturated heterocycles. The van der Waals surface area contributed by atoms with Crippen molar-refractivity contribution in [3.05, 3.63) is 72.1 Å². The molecular formula is C20H18N4O3. The second kappa shape index (κ2) is 8.09. The van der Waals surface area contributed by atoms with Crippen LogP contribution in [-0.2, 0) is 0 Å². The minimum atomic E-state index is -0.358. The zero-order valence-electron chi connectivity index (χ0n) is 14.9. The minimum Gasteiger partial charge on any atom is -0.497 e. The number of carbonyl (C=O) groups excluding carboxylic acids is 2. The molecule has 1 amide bonds. The molecule has 0 bridgehead atoms. The molecule has 0 aliphatic rings. The number of Topliss-reactive ketones (excluding diaryl/α,β-unsaturated/α-hetero) is 1. The van der Waals surface area contributed by atoms with E-state index in [-0.39, 0.29) is 11.7 Å². The lowest BCUT2D eigenvalue weighted by molar-refractivity contribution is 0.101. The van der Waals surface area contributed by atoms with Gasteiger partial charge < -0.3 is 15.4 Å². The highest BCUT2D eigenvalue weighted by Crippen LogP contribution is 2.19. The molecule has 136 valence electrons. The lowest BCUT2D eigenvalue weighted by atomic mass is 10.1. The first kappa shape index (κ1) is 18.1. The van der Waals surface area contributed by atoms with Gasteiger partial charge in [-0.2, -0.15) is 0 Å². The zero-order valence-corrected chi connectivity index (χ0v) is 14.9. The van der Waals surface area contributed by atoms with Crippen molar-refractivity contribution in [3.8, 4) is 5.75 Å². The average Bonchev–Trinajstić information content (AvgIpc) is 2.69. The number of ketones is 1. The predicted molar refractivity (Wildman–Crippen MR) is 103 cm³/mol. The van der Waals surface area contributed by atoms with Gasteiger partial charge >= 0.3 is 0 Å². The van der Waals surface area contributed by atoms with E-state index in [0.717, 1.165) is 5.69 Å². The van der Waals surface area contributed by atoms with Crippen molar-refractivity contribution in [1.82, 2.24) is 9.97 Å². The number of nitrogens with zero attached hydrogens (tertiary/aromatic N) is 2. The Labute approximate surface area is 156 Å². The maximum Gasteiger partial charge on any atom is 0.258 e. The Morgan fingerprint density at radius 3 is 2.33 bits per heavy atom. The first-order valence-electron chi connectivity index (χ1n) is 8.20. The molecule has 0 atom stereocenters. The third kappa shape index (κ3) is 4.66. The molecule has 0 saturated carbocycles. The van der Waals surface area contributed by atoms with Crippen LogP contribution in [-0.4, -0.2) is 28.8 Å². The first-order valence-corrected chi connectivity index (χ1v) is 8.20. The van der Waals surface area contributed by atoms with E-state index in [1.54, 1.807) is 31.4 Å². The van der Waals surface area contributed by atoms with E-state index < -0.39 is 0 Å². The molecule has 1 heterocycles. The second-order valence-corrected chi connectivity index (χ2v) is 5.74. The molecule has 2 N–H and O–H groups in total. The van der Waals surface area contributed by atoms with Crippen molar-refractivity contribution < 1.29 is 14.3 Å². The van der Waals surface area contributed by atoms with Gasteiger partial charge in [-0.05, 0) is 31.2 Å². The summed E-state index contributed by atoms with van der Waals surface area (Å²) in [6, 6.07) is 14.1.